The van der Waals surface area contributed by atoms with Crippen LogP contribution in [0.25, 0.3) is 0 Å². The first-order chi connectivity index (χ1) is 10.9. The van der Waals surface area contributed by atoms with Crippen molar-refractivity contribution in [1.29, 1.82) is 0 Å². The summed E-state index contributed by atoms with van der Waals surface area (Å²) in [4.78, 5) is 12.1. The summed E-state index contributed by atoms with van der Waals surface area (Å²) >= 11 is 6.90. The van der Waals surface area contributed by atoms with Crippen LogP contribution in [0.4, 0.5) is 0 Å². The molecule has 0 fully saturated rings. The maximum atomic E-state index is 12.1. The molecule has 0 aliphatic heterocycles. The van der Waals surface area contributed by atoms with Crippen molar-refractivity contribution < 1.29 is 4.79 Å². The Morgan fingerprint density at radius 3 is 2.48 bits per heavy atom. The van der Waals surface area contributed by atoms with Crippen molar-refractivity contribution >= 4 is 43.5 Å². The van der Waals surface area contributed by atoms with Gasteiger partial charge in [-0.2, -0.15) is 5.10 Å². The summed E-state index contributed by atoms with van der Waals surface area (Å²) in [7, 11) is 0. The third kappa shape index (κ3) is 5.01. The number of amides is 1. The molecule has 2 aromatic carbocycles. The number of halogens is 2. The Morgan fingerprint density at radius 1 is 1.09 bits per heavy atom. The fourth-order valence-corrected chi connectivity index (χ4v) is 2.81. The number of aryl methyl sites for hydroxylation is 2. The predicted molar refractivity (Wildman–Crippen MR) is 102 cm³/mol. The first-order valence-corrected chi connectivity index (χ1v) is 8.80. The van der Waals surface area contributed by atoms with Gasteiger partial charge < -0.3 is 0 Å². The predicted octanol–water partition coefficient (Wildman–Crippen LogP) is 4.91. The van der Waals surface area contributed by atoms with Crippen molar-refractivity contribution in [3.05, 3.63) is 67.6 Å². The molecule has 2 rings (SSSR count). The molecule has 0 aliphatic rings. The fraction of sp³-hybridized carbons (Fsp3) is 0.222. The minimum Gasteiger partial charge on any atom is -0.273 e. The summed E-state index contributed by atoms with van der Waals surface area (Å²) in [6, 6.07) is 11.9. The molecule has 5 heteroatoms. The van der Waals surface area contributed by atoms with Gasteiger partial charge >= 0.3 is 0 Å². The van der Waals surface area contributed by atoms with Crippen LogP contribution < -0.4 is 5.43 Å². The minimum absolute atomic E-state index is 0.118. The molecule has 120 valence electrons. The van der Waals surface area contributed by atoms with Gasteiger partial charge in [0.2, 0.25) is 5.91 Å². The third-order valence-corrected chi connectivity index (χ3v) is 5.41. The van der Waals surface area contributed by atoms with E-state index in [1.807, 2.05) is 51.1 Å². The van der Waals surface area contributed by atoms with Gasteiger partial charge in [0.1, 0.15) is 0 Å². The molecule has 0 saturated heterocycles. The Kier molecular flexibility index (Phi) is 6.13. The molecule has 0 heterocycles. The number of hydrazone groups is 1. The average molecular weight is 438 g/mol. The normalized spacial score (nSPS) is 11.4. The first kappa shape index (κ1) is 17.9. The second kappa shape index (κ2) is 7.88. The monoisotopic (exact) mass is 436 g/mol. The number of carbonyl (C=O) groups excluding carboxylic acids is 1. The number of benzene rings is 2. The molecule has 3 nitrogen and oxygen atoms in total. The SMILES string of the molecule is C/C(=N\NC(=O)Cc1ccc(C)cc1C)c1ccc(Br)c(Br)c1. The highest BCUT2D eigenvalue weighted by molar-refractivity contribution is 9.13. The van der Waals surface area contributed by atoms with Crippen molar-refractivity contribution in [3.63, 3.8) is 0 Å². The molecule has 0 radical (unpaired) electrons. The summed E-state index contributed by atoms with van der Waals surface area (Å²) in [5, 5.41) is 4.19. The van der Waals surface area contributed by atoms with E-state index in [2.05, 4.69) is 48.5 Å². The van der Waals surface area contributed by atoms with Gasteiger partial charge in [-0.3, -0.25) is 4.79 Å². The van der Waals surface area contributed by atoms with Gasteiger partial charge in [0.25, 0.3) is 0 Å². The number of rotatable bonds is 4. The zero-order chi connectivity index (χ0) is 17.0. The molecule has 1 amide bonds. The summed E-state index contributed by atoms with van der Waals surface area (Å²) in [6.07, 6.45) is 0.326. The lowest BCUT2D eigenvalue weighted by molar-refractivity contribution is -0.120. The lowest BCUT2D eigenvalue weighted by atomic mass is 10.0. The highest BCUT2D eigenvalue weighted by Gasteiger charge is 2.07. The van der Waals surface area contributed by atoms with Gasteiger partial charge in [-0.05, 0) is 81.5 Å². The van der Waals surface area contributed by atoms with Crippen LogP contribution in [0.2, 0.25) is 0 Å². The van der Waals surface area contributed by atoms with Crippen molar-refractivity contribution in [1.82, 2.24) is 5.43 Å². The van der Waals surface area contributed by atoms with Crippen molar-refractivity contribution in [2.75, 3.05) is 0 Å². The summed E-state index contributed by atoms with van der Waals surface area (Å²) in [5.74, 6) is -0.118. The average Bonchev–Trinajstić information content (AvgIpc) is 2.50. The number of hydrogen-bond acceptors (Lipinski definition) is 2. The maximum absolute atomic E-state index is 12.1. The summed E-state index contributed by atoms with van der Waals surface area (Å²) in [6.45, 7) is 5.93. The van der Waals surface area contributed by atoms with E-state index in [0.29, 0.717) is 6.42 Å². The second-order valence-corrected chi connectivity index (χ2v) is 7.18. The van der Waals surface area contributed by atoms with Crippen molar-refractivity contribution in [2.24, 2.45) is 5.10 Å². The Balaban J connectivity index is 2.03. The van der Waals surface area contributed by atoms with Gasteiger partial charge in [-0.15, -0.1) is 0 Å². The summed E-state index contributed by atoms with van der Waals surface area (Å²) in [5.41, 5.74) is 7.67. The number of nitrogens with zero attached hydrogens (tertiary/aromatic N) is 1. The van der Waals surface area contributed by atoms with Crippen LogP contribution in [0.1, 0.15) is 29.2 Å². The molecule has 0 atom stereocenters. The molecular formula is C18H18Br2N2O. The Hall–Kier alpha value is -1.46. The zero-order valence-electron chi connectivity index (χ0n) is 13.3. The zero-order valence-corrected chi connectivity index (χ0v) is 16.5. The first-order valence-electron chi connectivity index (χ1n) is 7.21. The van der Waals surface area contributed by atoms with Crippen LogP contribution in [0.5, 0.6) is 0 Å². The van der Waals surface area contributed by atoms with E-state index in [0.717, 1.165) is 31.3 Å². The lowest BCUT2D eigenvalue weighted by Gasteiger charge is -2.07. The van der Waals surface area contributed by atoms with Crippen LogP contribution in [0.15, 0.2) is 50.4 Å². The Labute approximate surface area is 153 Å². The van der Waals surface area contributed by atoms with E-state index in [9.17, 15) is 4.79 Å². The van der Waals surface area contributed by atoms with Gasteiger partial charge in [-0.25, -0.2) is 5.43 Å². The van der Waals surface area contributed by atoms with E-state index >= 15 is 0 Å². The van der Waals surface area contributed by atoms with Crippen LogP contribution in [0.3, 0.4) is 0 Å². The van der Waals surface area contributed by atoms with E-state index in [1.165, 1.54) is 5.56 Å². The van der Waals surface area contributed by atoms with Gasteiger partial charge in [0, 0.05) is 8.95 Å². The molecule has 1 N–H and O–H groups in total. The van der Waals surface area contributed by atoms with E-state index in [1.54, 1.807) is 0 Å². The third-order valence-electron chi connectivity index (χ3n) is 3.53. The van der Waals surface area contributed by atoms with E-state index in [4.69, 9.17) is 0 Å². The van der Waals surface area contributed by atoms with Gasteiger partial charge in [-0.1, -0.05) is 29.8 Å². The molecule has 0 aromatic heterocycles. The smallest absolute Gasteiger partial charge is 0.244 e. The number of nitrogens with one attached hydrogen (secondary N) is 1. The molecular weight excluding hydrogens is 420 g/mol. The Morgan fingerprint density at radius 2 is 1.83 bits per heavy atom. The van der Waals surface area contributed by atoms with Crippen LogP contribution in [-0.2, 0) is 11.2 Å². The largest absolute Gasteiger partial charge is 0.273 e. The molecule has 23 heavy (non-hydrogen) atoms. The van der Waals surface area contributed by atoms with Crippen molar-refractivity contribution in [2.45, 2.75) is 27.2 Å². The van der Waals surface area contributed by atoms with Gasteiger partial charge in [0.15, 0.2) is 0 Å². The highest BCUT2D eigenvalue weighted by atomic mass is 79.9. The van der Waals surface area contributed by atoms with E-state index in [-0.39, 0.29) is 5.91 Å². The summed E-state index contributed by atoms with van der Waals surface area (Å²) < 4.78 is 1.93. The van der Waals surface area contributed by atoms with Crippen LogP contribution >= 0.6 is 31.9 Å². The number of hydrogen-bond donors (Lipinski definition) is 1. The molecule has 0 aliphatic carbocycles. The highest BCUT2D eigenvalue weighted by Crippen LogP contribution is 2.24. The Bertz CT molecular complexity index is 770. The van der Waals surface area contributed by atoms with Crippen LogP contribution in [-0.4, -0.2) is 11.6 Å². The van der Waals surface area contributed by atoms with Gasteiger partial charge in [0.05, 0.1) is 12.1 Å². The molecule has 0 bridgehead atoms. The minimum atomic E-state index is -0.118. The van der Waals surface area contributed by atoms with Crippen molar-refractivity contribution in [3.8, 4) is 0 Å². The molecule has 2 aromatic rings. The van der Waals surface area contributed by atoms with Crippen LogP contribution in [0, 0.1) is 13.8 Å². The quantitative estimate of drug-likeness (QED) is 0.535. The maximum Gasteiger partial charge on any atom is 0.244 e. The lowest BCUT2D eigenvalue weighted by Crippen LogP contribution is -2.21. The van der Waals surface area contributed by atoms with E-state index < -0.39 is 0 Å². The molecule has 0 unspecified atom stereocenters. The molecule has 0 saturated carbocycles. The molecule has 0 spiro atoms. The number of carbonyl (C=O) groups is 1. The topological polar surface area (TPSA) is 41.5 Å². The fourth-order valence-electron chi connectivity index (χ4n) is 2.19. The second-order valence-electron chi connectivity index (χ2n) is 5.47. The standard InChI is InChI=1S/C18H18Br2N2O/c1-11-4-5-14(12(2)8-11)10-18(23)22-21-13(3)15-6-7-16(19)17(20)9-15/h4-9H,10H2,1-3H3,(H,22,23)/b21-13+.